The number of hydrogen-bond acceptors (Lipinski definition) is 4. The van der Waals surface area contributed by atoms with Crippen LogP contribution in [-0.4, -0.2) is 58.9 Å². The molecular weight excluding hydrogens is 344 g/mol. The van der Waals surface area contributed by atoms with Crippen molar-refractivity contribution < 1.29 is 13.6 Å². The van der Waals surface area contributed by atoms with E-state index in [4.69, 9.17) is 8.83 Å². The van der Waals surface area contributed by atoms with Crippen LogP contribution in [-0.2, 0) is 0 Å². The molecule has 1 aliphatic heterocycles. The molecule has 0 atom stereocenters. The normalized spacial score (nSPS) is 15.3. The van der Waals surface area contributed by atoms with E-state index in [9.17, 15) is 4.79 Å². The minimum absolute atomic E-state index is 0.0622. The van der Waals surface area contributed by atoms with Crippen molar-refractivity contribution >= 4 is 28.1 Å². The number of hydrogen-bond donors (Lipinski definition) is 2. The number of aromatic nitrogens is 2. The molecule has 1 saturated heterocycles. The van der Waals surface area contributed by atoms with E-state index in [1.165, 1.54) is 0 Å². The Morgan fingerprint density at radius 2 is 1.63 bits per heavy atom. The maximum Gasteiger partial charge on any atom is 0.270 e. The first kappa shape index (κ1) is 17.5. The van der Waals surface area contributed by atoms with Gasteiger partial charge in [0.05, 0.1) is 11.0 Å². The van der Waals surface area contributed by atoms with Crippen LogP contribution in [0.15, 0.2) is 39.3 Å². The van der Waals surface area contributed by atoms with Gasteiger partial charge in [0.2, 0.25) is 0 Å². The van der Waals surface area contributed by atoms with Crippen molar-refractivity contribution in [2.75, 3.05) is 33.2 Å². The van der Waals surface area contributed by atoms with Gasteiger partial charge in [0, 0.05) is 50.6 Å². The van der Waals surface area contributed by atoms with Gasteiger partial charge in [0.25, 0.3) is 5.91 Å². The molecule has 0 saturated carbocycles. The van der Waals surface area contributed by atoms with E-state index in [1.54, 1.807) is 6.07 Å². The zero-order chi connectivity index (χ0) is 19.0. The molecule has 0 bridgehead atoms. The lowest BCUT2D eigenvalue weighted by Gasteiger charge is -2.32. The van der Waals surface area contributed by atoms with Crippen LogP contribution in [0, 0.1) is 13.8 Å². The van der Waals surface area contributed by atoms with Crippen molar-refractivity contribution in [3.63, 3.8) is 0 Å². The number of fused-ring (bicyclic) bond motifs is 2. The molecule has 7 heteroatoms. The van der Waals surface area contributed by atoms with Crippen LogP contribution in [0.3, 0.4) is 0 Å². The van der Waals surface area contributed by atoms with E-state index in [-0.39, 0.29) is 5.91 Å². The summed E-state index contributed by atoms with van der Waals surface area (Å²) in [5.41, 5.74) is 4.28. The van der Waals surface area contributed by atoms with E-state index >= 15 is 0 Å². The molecule has 0 aliphatic carbocycles. The highest BCUT2D eigenvalue weighted by atomic mass is 16.3. The SMILES string of the molecule is Cc1cc2[nH]c(C(=O)N3CCN(C)CC3)cc2o1.Cc1cc2[nH]ccc2o1. The third-order valence-electron chi connectivity index (χ3n) is 4.81. The Bertz CT molecular complexity index is 1000. The molecule has 0 unspecified atom stereocenters. The fourth-order valence-corrected chi connectivity index (χ4v) is 3.32. The number of likely N-dealkylation sites (N-methyl/N-ethyl adjacent to an activating group) is 1. The number of piperazine rings is 1. The number of aryl methyl sites for hydroxylation is 2. The van der Waals surface area contributed by atoms with Crippen LogP contribution >= 0.6 is 0 Å². The Kier molecular flexibility index (Phi) is 4.53. The fourth-order valence-electron chi connectivity index (χ4n) is 3.32. The summed E-state index contributed by atoms with van der Waals surface area (Å²) >= 11 is 0. The predicted octanol–water partition coefficient (Wildman–Crippen LogP) is 3.53. The second-order valence-electron chi connectivity index (χ2n) is 7.03. The molecular formula is C20H24N4O3. The average molecular weight is 368 g/mol. The van der Waals surface area contributed by atoms with Crippen molar-refractivity contribution in [3.8, 4) is 0 Å². The van der Waals surface area contributed by atoms with Gasteiger partial charge in [-0.15, -0.1) is 0 Å². The number of carbonyl (C=O) groups excluding carboxylic acids is 1. The zero-order valence-corrected chi connectivity index (χ0v) is 15.8. The lowest BCUT2D eigenvalue weighted by Crippen LogP contribution is -2.47. The summed E-state index contributed by atoms with van der Waals surface area (Å²) in [5, 5.41) is 0. The Balaban J connectivity index is 0.000000167. The van der Waals surface area contributed by atoms with Gasteiger partial charge in [-0.2, -0.15) is 0 Å². The Morgan fingerprint density at radius 3 is 2.30 bits per heavy atom. The van der Waals surface area contributed by atoms with Gasteiger partial charge in [-0.25, -0.2) is 0 Å². The minimum atomic E-state index is 0.0622. The van der Waals surface area contributed by atoms with Gasteiger partial charge in [0.15, 0.2) is 11.2 Å². The number of aromatic amines is 2. The third kappa shape index (κ3) is 3.64. The molecule has 0 aromatic carbocycles. The zero-order valence-electron chi connectivity index (χ0n) is 15.8. The molecule has 5 heterocycles. The van der Waals surface area contributed by atoms with Crippen LogP contribution in [0.2, 0.25) is 0 Å². The molecule has 142 valence electrons. The van der Waals surface area contributed by atoms with Crippen molar-refractivity contribution in [2.45, 2.75) is 13.8 Å². The van der Waals surface area contributed by atoms with Gasteiger partial charge in [-0.3, -0.25) is 4.79 Å². The van der Waals surface area contributed by atoms with Gasteiger partial charge >= 0.3 is 0 Å². The van der Waals surface area contributed by atoms with Crippen LogP contribution in [0.4, 0.5) is 0 Å². The lowest BCUT2D eigenvalue weighted by atomic mass is 10.3. The molecule has 4 aromatic heterocycles. The summed E-state index contributed by atoms with van der Waals surface area (Å²) in [6, 6.07) is 7.61. The van der Waals surface area contributed by atoms with Gasteiger partial charge in [-0.05, 0) is 27.0 Å². The second kappa shape index (κ2) is 7.00. The van der Waals surface area contributed by atoms with Crippen LogP contribution in [0.25, 0.3) is 22.2 Å². The maximum absolute atomic E-state index is 12.3. The van der Waals surface area contributed by atoms with Crippen LogP contribution in [0.5, 0.6) is 0 Å². The van der Waals surface area contributed by atoms with Crippen molar-refractivity contribution in [3.05, 3.63) is 47.7 Å². The number of furan rings is 2. The van der Waals surface area contributed by atoms with E-state index in [0.717, 1.165) is 59.9 Å². The number of H-pyrrole nitrogens is 2. The van der Waals surface area contributed by atoms with Crippen LogP contribution < -0.4 is 0 Å². The average Bonchev–Trinajstić information content (AvgIpc) is 3.35. The molecule has 4 aromatic rings. The number of nitrogens with zero attached hydrogens (tertiary/aromatic N) is 2. The first-order chi connectivity index (χ1) is 13.0. The highest BCUT2D eigenvalue weighted by Gasteiger charge is 2.22. The number of carbonyl (C=O) groups is 1. The molecule has 2 N–H and O–H groups in total. The van der Waals surface area contributed by atoms with Crippen molar-refractivity contribution in [1.29, 1.82) is 0 Å². The van der Waals surface area contributed by atoms with Crippen LogP contribution in [0.1, 0.15) is 22.0 Å². The maximum atomic E-state index is 12.3. The highest BCUT2D eigenvalue weighted by molar-refractivity contribution is 5.97. The predicted molar refractivity (Wildman–Crippen MR) is 104 cm³/mol. The smallest absolute Gasteiger partial charge is 0.270 e. The van der Waals surface area contributed by atoms with E-state index in [1.807, 2.05) is 43.1 Å². The van der Waals surface area contributed by atoms with E-state index in [2.05, 4.69) is 21.9 Å². The molecule has 5 rings (SSSR count). The van der Waals surface area contributed by atoms with Crippen molar-refractivity contribution in [2.24, 2.45) is 0 Å². The Labute approximate surface area is 156 Å². The summed E-state index contributed by atoms with van der Waals surface area (Å²) in [6.45, 7) is 7.27. The van der Waals surface area contributed by atoms with E-state index in [0.29, 0.717) is 5.69 Å². The quantitative estimate of drug-likeness (QED) is 0.539. The van der Waals surface area contributed by atoms with Gasteiger partial charge in [-0.1, -0.05) is 0 Å². The summed E-state index contributed by atoms with van der Waals surface area (Å²) in [6.07, 6.45) is 1.87. The second-order valence-corrected chi connectivity index (χ2v) is 7.03. The topological polar surface area (TPSA) is 81.4 Å². The number of rotatable bonds is 1. The highest BCUT2D eigenvalue weighted by Crippen LogP contribution is 2.20. The molecule has 1 aliphatic rings. The molecule has 1 amide bonds. The summed E-state index contributed by atoms with van der Waals surface area (Å²) < 4.78 is 10.8. The molecule has 27 heavy (non-hydrogen) atoms. The Hall–Kier alpha value is -2.93. The largest absolute Gasteiger partial charge is 0.460 e. The molecule has 7 nitrogen and oxygen atoms in total. The fraction of sp³-hybridized carbons (Fsp3) is 0.350. The monoisotopic (exact) mass is 368 g/mol. The molecule has 1 fully saturated rings. The first-order valence-electron chi connectivity index (χ1n) is 9.10. The molecule has 0 spiro atoms. The summed E-state index contributed by atoms with van der Waals surface area (Å²) in [7, 11) is 2.08. The molecule has 0 radical (unpaired) electrons. The summed E-state index contributed by atoms with van der Waals surface area (Å²) in [4.78, 5) is 22.6. The van der Waals surface area contributed by atoms with Gasteiger partial charge in [0.1, 0.15) is 17.2 Å². The van der Waals surface area contributed by atoms with Crippen molar-refractivity contribution in [1.82, 2.24) is 19.8 Å². The number of amides is 1. The van der Waals surface area contributed by atoms with E-state index < -0.39 is 0 Å². The standard InChI is InChI=1S/C13H17N3O2.C7H7NO/c1-9-7-10-12(18-9)8-11(14-10)13(17)16-5-3-15(2)4-6-16;1-5-4-6-7(9-5)2-3-8-6/h7-8,14H,3-6H2,1-2H3;2-4,8H,1H3. The lowest BCUT2D eigenvalue weighted by molar-refractivity contribution is 0.0659. The Morgan fingerprint density at radius 1 is 0.963 bits per heavy atom. The first-order valence-corrected chi connectivity index (χ1v) is 9.10. The summed E-state index contributed by atoms with van der Waals surface area (Å²) in [5.74, 6) is 1.87. The minimum Gasteiger partial charge on any atom is -0.460 e. The van der Waals surface area contributed by atoms with Gasteiger partial charge < -0.3 is 28.6 Å². The third-order valence-corrected chi connectivity index (χ3v) is 4.81. The number of nitrogens with one attached hydrogen (secondary N) is 2.